The Labute approximate surface area is 137 Å². The largest absolute Gasteiger partial charge is 0.534 e. The quantitative estimate of drug-likeness (QED) is 0.508. The van der Waals surface area contributed by atoms with Crippen molar-refractivity contribution in [3.05, 3.63) is 40.8 Å². The number of aromatic nitrogens is 3. The van der Waals surface area contributed by atoms with Crippen molar-refractivity contribution in [1.29, 1.82) is 0 Å². The summed E-state index contributed by atoms with van der Waals surface area (Å²) in [6, 6.07) is 4.35. The molecule has 0 aliphatic rings. The van der Waals surface area contributed by atoms with E-state index in [2.05, 4.69) is 14.3 Å². The zero-order valence-electron chi connectivity index (χ0n) is 12.3. The van der Waals surface area contributed by atoms with Gasteiger partial charge in [0.15, 0.2) is 22.8 Å². The Kier molecular flexibility index (Phi) is 3.78. The van der Waals surface area contributed by atoms with E-state index in [1.807, 2.05) is 0 Å². The summed E-state index contributed by atoms with van der Waals surface area (Å²) >= 11 is 0. The van der Waals surface area contributed by atoms with Crippen LogP contribution in [0.15, 0.2) is 39.8 Å². The average molecular weight is 375 g/mol. The van der Waals surface area contributed by atoms with E-state index < -0.39 is 32.2 Å². The fourth-order valence-electron chi connectivity index (χ4n) is 2.04. The lowest BCUT2D eigenvalue weighted by atomic mass is 10.2. The van der Waals surface area contributed by atoms with Crippen molar-refractivity contribution in [1.82, 2.24) is 14.8 Å². The molecule has 3 aromatic rings. The average Bonchev–Trinajstić information content (AvgIpc) is 2.91. The van der Waals surface area contributed by atoms with Crippen molar-refractivity contribution in [2.75, 3.05) is 0 Å². The van der Waals surface area contributed by atoms with Crippen LogP contribution in [0.2, 0.25) is 0 Å². The summed E-state index contributed by atoms with van der Waals surface area (Å²) in [5, 5.41) is 3.37. The van der Waals surface area contributed by atoms with Crippen LogP contribution >= 0.6 is 0 Å². The molecule has 0 aliphatic heterocycles. The summed E-state index contributed by atoms with van der Waals surface area (Å²) in [5.41, 5.74) is -6.60. The van der Waals surface area contributed by atoms with E-state index in [-0.39, 0.29) is 17.2 Å². The first-order valence-electron chi connectivity index (χ1n) is 6.52. The number of rotatable bonds is 3. The van der Waals surface area contributed by atoms with Gasteiger partial charge in [0.2, 0.25) is 0 Å². The van der Waals surface area contributed by atoms with Crippen LogP contribution in [0.3, 0.4) is 0 Å². The summed E-state index contributed by atoms with van der Waals surface area (Å²) in [7, 11) is -4.38. The van der Waals surface area contributed by atoms with Crippen molar-refractivity contribution < 1.29 is 30.2 Å². The highest BCUT2D eigenvalue weighted by Gasteiger charge is 2.48. The molecule has 0 aliphatic carbocycles. The minimum atomic E-state index is -5.93. The van der Waals surface area contributed by atoms with Gasteiger partial charge in [0.05, 0.1) is 0 Å². The van der Waals surface area contributed by atoms with Crippen LogP contribution in [-0.2, 0) is 17.2 Å². The van der Waals surface area contributed by atoms with E-state index >= 15 is 0 Å². The normalized spacial score (nSPS) is 12.5. The molecule has 132 valence electrons. The summed E-state index contributed by atoms with van der Waals surface area (Å²) in [6.07, 6.45) is 1.22. The fraction of sp³-hybridized carbons (Fsp3) is 0.154. The van der Waals surface area contributed by atoms with Gasteiger partial charge in [-0.15, -0.1) is 0 Å². The molecule has 0 amide bonds. The highest BCUT2D eigenvalue weighted by atomic mass is 32.2. The number of benzene rings is 1. The summed E-state index contributed by atoms with van der Waals surface area (Å²) in [4.78, 5) is 16.2. The van der Waals surface area contributed by atoms with E-state index in [4.69, 9.17) is 4.42 Å². The van der Waals surface area contributed by atoms with Crippen LogP contribution in [0.5, 0.6) is 5.75 Å². The number of nitrogens with zero attached hydrogens (tertiary/aromatic N) is 3. The molecule has 25 heavy (non-hydrogen) atoms. The van der Waals surface area contributed by atoms with Crippen LogP contribution in [0.4, 0.5) is 13.2 Å². The first-order valence-corrected chi connectivity index (χ1v) is 7.93. The lowest BCUT2D eigenvalue weighted by molar-refractivity contribution is -0.0499. The van der Waals surface area contributed by atoms with Crippen molar-refractivity contribution in [2.24, 2.45) is 7.05 Å². The molecule has 0 bridgehead atoms. The van der Waals surface area contributed by atoms with E-state index in [1.165, 1.54) is 23.1 Å². The standard InChI is InChI=1S/C13H8F3N3O5S/c1-19-12(17-6-18-19)10-5-7(20)11-8(23-10)3-2-4-9(11)24-25(21,22)13(14,15)16/h2-6H,1H3. The molecule has 0 radical (unpaired) electrons. The number of fused-ring (bicyclic) bond motifs is 1. The van der Waals surface area contributed by atoms with Crippen LogP contribution in [0.25, 0.3) is 22.6 Å². The van der Waals surface area contributed by atoms with Crippen LogP contribution in [0.1, 0.15) is 0 Å². The summed E-state index contributed by atoms with van der Waals surface area (Å²) in [6.45, 7) is 0. The van der Waals surface area contributed by atoms with Gasteiger partial charge < -0.3 is 8.60 Å². The van der Waals surface area contributed by atoms with E-state index in [0.717, 1.165) is 12.1 Å². The number of aryl methyl sites for hydroxylation is 1. The van der Waals surface area contributed by atoms with Gasteiger partial charge in [0.1, 0.15) is 17.3 Å². The lowest BCUT2D eigenvalue weighted by Gasteiger charge is -2.11. The Bertz CT molecular complexity index is 1120. The second-order valence-corrected chi connectivity index (χ2v) is 6.33. The van der Waals surface area contributed by atoms with Gasteiger partial charge in [-0.2, -0.15) is 26.7 Å². The van der Waals surface area contributed by atoms with E-state index in [9.17, 15) is 26.4 Å². The second kappa shape index (κ2) is 5.58. The fourth-order valence-corrected chi connectivity index (χ4v) is 2.51. The Morgan fingerprint density at radius 1 is 1.28 bits per heavy atom. The summed E-state index contributed by atoms with van der Waals surface area (Å²) in [5.74, 6) is -0.574. The SMILES string of the molecule is Cn1ncnc1-c1cc(=O)c2c(OS(=O)(=O)C(F)(F)F)cccc2o1. The molecule has 1 aromatic carbocycles. The van der Waals surface area contributed by atoms with Gasteiger partial charge in [-0.3, -0.25) is 4.79 Å². The predicted molar refractivity (Wildman–Crippen MR) is 78.1 cm³/mol. The Morgan fingerprint density at radius 2 is 2.00 bits per heavy atom. The van der Waals surface area contributed by atoms with Crippen molar-refractivity contribution >= 4 is 21.1 Å². The molecule has 0 atom stereocenters. The third-order valence-electron chi connectivity index (χ3n) is 3.13. The molecule has 0 N–H and O–H groups in total. The maximum absolute atomic E-state index is 12.5. The molecule has 8 nitrogen and oxygen atoms in total. The van der Waals surface area contributed by atoms with Gasteiger partial charge in [0, 0.05) is 13.1 Å². The highest BCUT2D eigenvalue weighted by molar-refractivity contribution is 7.88. The predicted octanol–water partition coefficient (Wildman–Crippen LogP) is 1.82. The minimum absolute atomic E-state index is 0.00771. The number of hydrogen-bond acceptors (Lipinski definition) is 7. The molecule has 0 saturated heterocycles. The van der Waals surface area contributed by atoms with Gasteiger partial charge >= 0.3 is 15.6 Å². The molecule has 2 aromatic heterocycles. The maximum Gasteiger partial charge on any atom is 0.534 e. The number of alkyl halides is 3. The molecule has 2 heterocycles. The first kappa shape index (κ1) is 17.0. The van der Waals surface area contributed by atoms with Crippen molar-refractivity contribution in [3.63, 3.8) is 0 Å². The molecule has 3 rings (SSSR count). The molecule has 12 heteroatoms. The van der Waals surface area contributed by atoms with Crippen LogP contribution < -0.4 is 9.61 Å². The Morgan fingerprint density at radius 3 is 2.60 bits per heavy atom. The van der Waals surface area contributed by atoms with E-state index in [0.29, 0.717) is 0 Å². The molecule has 0 fully saturated rings. The monoisotopic (exact) mass is 375 g/mol. The zero-order valence-corrected chi connectivity index (χ0v) is 13.1. The highest BCUT2D eigenvalue weighted by Crippen LogP contribution is 2.31. The zero-order chi connectivity index (χ0) is 18.4. The number of halogens is 3. The van der Waals surface area contributed by atoms with Gasteiger partial charge in [0.25, 0.3) is 0 Å². The smallest absolute Gasteiger partial charge is 0.452 e. The maximum atomic E-state index is 12.5. The summed E-state index contributed by atoms with van der Waals surface area (Å²) < 4.78 is 70.6. The second-order valence-electron chi connectivity index (χ2n) is 4.79. The topological polar surface area (TPSA) is 104 Å². The van der Waals surface area contributed by atoms with Crippen LogP contribution in [-0.4, -0.2) is 28.7 Å². The third kappa shape index (κ3) is 2.95. The first-order chi connectivity index (χ1) is 11.6. The third-order valence-corrected chi connectivity index (χ3v) is 4.10. The van der Waals surface area contributed by atoms with E-state index in [1.54, 1.807) is 7.05 Å². The minimum Gasteiger partial charge on any atom is -0.452 e. The molecular formula is C13H8F3N3O5S. The van der Waals surface area contributed by atoms with Crippen molar-refractivity contribution in [2.45, 2.75) is 5.51 Å². The van der Waals surface area contributed by atoms with Crippen molar-refractivity contribution in [3.8, 4) is 17.3 Å². The molecule has 0 saturated carbocycles. The van der Waals surface area contributed by atoms with Gasteiger partial charge in [-0.05, 0) is 12.1 Å². The van der Waals surface area contributed by atoms with Gasteiger partial charge in [-0.1, -0.05) is 6.07 Å². The molecule has 0 unspecified atom stereocenters. The Hall–Kier alpha value is -2.89. The molecule has 0 spiro atoms. The number of hydrogen-bond donors (Lipinski definition) is 0. The Balaban J connectivity index is 2.18. The lowest BCUT2D eigenvalue weighted by Crippen LogP contribution is -2.28. The molecular weight excluding hydrogens is 367 g/mol. The van der Waals surface area contributed by atoms with Gasteiger partial charge in [-0.25, -0.2) is 9.67 Å². The van der Waals surface area contributed by atoms with Crippen LogP contribution in [0, 0.1) is 0 Å².